The normalized spacial score (nSPS) is 11.9. The van der Waals surface area contributed by atoms with Gasteiger partial charge in [-0.05, 0) is 77.2 Å². The molecule has 6 aromatic carbocycles. The molecule has 2 heterocycles. The number of hydrogen-bond acceptors (Lipinski definition) is 0. The molecule has 0 radical (unpaired) electrons. The van der Waals surface area contributed by atoms with Crippen molar-refractivity contribution in [2.45, 2.75) is 19.8 Å². The molecule has 0 aliphatic rings. The van der Waals surface area contributed by atoms with Gasteiger partial charge in [0.15, 0.2) is 0 Å². The van der Waals surface area contributed by atoms with Crippen LogP contribution in [0.2, 0.25) is 0 Å². The molecule has 0 saturated heterocycles. The third-order valence-electron chi connectivity index (χ3n) is 8.53. The first-order valence-electron chi connectivity index (χ1n) is 14.4. The van der Waals surface area contributed by atoms with Gasteiger partial charge in [0.05, 0.1) is 22.1 Å². The number of aromatic nitrogens is 2. The largest absolute Gasteiger partial charge is 0.309 e. The van der Waals surface area contributed by atoms with Crippen molar-refractivity contribution < 1.29 is 0 Å². The van der Waals surface area contributed by atoms with E-state index in [9.17, 15) is 0 Å². The summed E-state index contributed by atoms with van der Waals surface area (Å²) >= 11 is 0. The van der Waals surface area contributed by atoms with Gasteiger partial charge in [0.1, 0.15) is 0 Å². The first kappa shape index (κ1) is 23.8. The molecule has 0 aliphatic carbocycles. The van der Waals surface area contributed by atoms with E-state index in [2.05, 4.69) is 163 Å². The number of para-hydroxylation sites is 3. The Hall–Kier alpha value is -5.08. The lowest BCUT2D eigenvalue weighted by Gasteiger charge is -2.11. The Morgan fingerprint density at radius 3 is 1.22 bits per heavy atom. The van der Waals surface area contributed by atoms with Crippen molar-refractivity contribution in [2.24, 2.45) is 0 Å². The van der Waals surface area contributed by atoms with E-state index in [1.54, 1.807) is 0 Å². The van der Waals surface area contributed by atoms with Crippen molar-refractivity contribution in [3.05, 3.63) is 145 Å². The summed E-state index contributed by atoms with van der Waals surface area (Å²) in [6, 6.07) is 50.9. The Morgan fingerprint density at radius 2 is 0.780 bits per heavy atom. The van der Waals surface area contributed by atoms with Gasteiger partial charge >= 0.3 is 0 Å². The number of fused-ring (bicyclic) bond motifs is 6. The first-order chi connectivity index (χ1) is 20.2. The van der Waals surface area contributed by atoms with Crippen LogP contribution in [-0.4, -0.2) is 9.13 Å². The zero-order valence-corrected chi connectivity index (χ0v) is 23.3. The molecule has 0 bridgehead atoms. The molecule has 2 heteroatoms. The second-order valence-corrected chi connectivity index (χ2v) is 11.2. The predicted molar refractivity (Wildman–Crippen MR) is 175 cm³/mol. The second kappa shape index (κ2) is 9.25. The van der Waals surface area contributed by atoms with E-state index in [1.807, 2.05) is 0 Å². The van der Waals surface area contributed by atoms with Crippen LogP contribution in [0.4, 0.5) is 0 Å². The Labute approximate surface area is 239 Å². The summed E-state index contributed by atoms with van der Waals surface area (Å²) in [6.07, 6.45) is 0. The third kappa shape index (κ3) is 3.72. The molecular formula is C39H30N2. The molecule has 196 valence electrons. The smallest absolute Gasteiger partial charge is 0.0541 e. The van der Waals surface area contributed by atoms with Gasteiger partial charge in [-0.25, -0.2) is 0 Å². The summed E-state index contributed by atoms with van der Waals surface area (Å²) in [7, 11) is 0. The van der Waals surface area contributed by atoms with Crippen LogP contribution < -0.4 is 0 Å². The zero-order chi connectivity index (χ0) is 27.5. The molecule has 0 atom stereocenters. The summed E-state index contributed by atoms with van der Waals surface area (Å²) in [5.41, 5.74) is 11.1. The molecular weight excluding hydrogens is 496 g/mol. The number of rotatable bonds is 4. The maximum Gasteiger partial charge on any atom is 0.0541 e. The molecule has 8 rings (SSSR count). The molecule has 0 saturated carbocycles. The second-order valence-electron chi connectivity index (χ2n) is 11.2. The monoisotopic (exact) mass is 526 g/mol. The number of hydrogen-bond donors (Lipinski definition) is 0. The molecule has 8 aromatic rings. The van der Waals surface area contributed by atoms with Crippen LogP contribution in [0, 0.1) is 0 Å². The van der Waals surface area contributed by atoms with Crippen molar-refractivity contribution in [3.63, 3.8) is 0 Å². The SMILES string of the molecule is CC(C)c1ccc2c(c1)c1ccccc1n2-c1ccc(-c2ccc(-n3c4ccccc4c4ccccc43)cc2)cc1. The quantitative estimate of drug-likeness (QED) is 0.216. The van der Waals surface area contributed by atoms with Crippen LogP contribution in [0.3, 0.4) is 0 Å². The van der Waals surface area contributed by atoms with Gasteiger partial charge in [0.2, 0.25) is 0 Å². The van der Waals surface area contributed by atoms with Crippen molar-refractivity contribution in [3.8, 4) is 22.5 Å². The first-order valence-corrected chi connectivity index (χ1v) is 14.4. The highest BCUT2D eigenvalue weighted by Crippen LogP contribution is 2.35. The fourth-order valence-corrected chi connectivity index (χ4v) is 6.43. The van der Waals surface area contributed by atoms with Crippen molar-refractivity contribution in [2.75, 3.05) is 0 Å². The number of benzene rings is 6. The predicted octanol–water partition coefficient (Wildman–Crippen LogP) is 10.7. The van der Waals surface area contributed by atoms with E-state index in [-0.39, 0.29) is 0 Å². The lowest BCUT2D eigenvalue weighted by atomic mass is 10.0. The van der Waals surface area contributed by atoms with Crippen LogP contribution in [0.25, 0.3) is 66.1 Å². The van der Waals surface area contributed by atoms with Crippen molar-refractivity contribution >= 4 is 43.6 Å². The Kier molecular flexibility index (Phi) is 5.36. The van der Waals surface area contributed by atoms with Gasteiger partial charge < -0.3 is 9.13 Å². The topological polar surface area (TPSA) is 9.86 Å². The summed E-state index contributed by atoms with van der Waals surface area (Å²) in [6.45, 7) is 4.52. The van der Waals surface area contributed by atoms with Crippen LogP contribution in [0.5, 0.6) is 0 Å². The van der Waals surface area contributed by atoms with E-state index in [0.29, 0.717) is 5.92 Å². The van der Waals surface area contributed by atoms with Gasteiger partial charge in [0.25, 0.3) is 0 Å². The highest BCUT2D eigenvalue weighted by atomic mass is 15.0. The summed E-state index contributed by atoms with van der Waals surface area (Å²) < 4.78 is 4.76. The lowest BCUT2D eigenvalue weighted by Crippen LogP contribution is -1.95. The van der Waals surface area contributed by atoms with Gasteiger partial charge in [-0.3, -0.25) is 0 Å². The molecule has 0 amide bonds. The maximum absolute atomic E-state index is 2.39. The lowest BCUT2D eigenvalue weighted by molar-refractivity contribution is 0.868. The van der Waals surface area contributed by atoms with Gasteiger partial charge in [0, 0.05) is 32.9 Å². The molecule has 0 unspecified atom stereocenters. The fraction of sp³-hybridized carbons (Fsp3) is 0.0769. The number of nitrogens with zero attached hydrogens (tertiary/aromatic N) is 2. The molecule has 2 nitrogen and oxygen atoms in total. The minimum atomic E-state index is 0.502. The molecule has 0 spiro atoms. The molecule has 0 fully saturated rings. The minimum Gasteiger partial charge on any atom is -0.309 e. The van der Waals surface area contributed by atoms with Gasteiger partial charge in [-0.2, -0.15) is 0 Å². The van der Waals surface area contributed by atoms with E-state index in [4.69, 9.17) is 0 Å². The average Bonchev–Trinajstić information content (AvgIpc) is 3.54. The zero-order valence-electron chi connectivity index (χ0n) is 23.3. The highest BCUT2D eigenvalue weighted by molar-refractivity contribution is 6.10. The van der Waals surface area contributed by atoms with E-state index < -0.39 is 0 Å². The maximum atomic E-state index is 2.39. The molecule has 0 N–H and O–H groups in total. The van der Waals surface area contributed by atoms with Crippen molar-refractivity contribution in [1.29, 1.82) is 0 Å². The van der Waals surface area contributed by atoms with E-state index in [1.165, 1.54) is 71.7 Å². The van der Waals surface area contributed by atoms with E-state index in [0.717, 1.165) is 0 Å². The summed E-state index contributed by atoms with van der Waals surface area (Å²) in [4.78, 5) is 0. The minimum absolute atomic E-state index is 0.502. The summed E-state index contributed by atoms with van der Waals surface area (Å²) in [5, 5.41) is 5.19. The van der Waals surface area contributed by atoms with Gasteiger partial charge in [-0.15, -0.1) is 0 Å². The van der Waals surface area contributed by atoms with Crippen LogP contribution in [-0.2, 0) is 0 Å². The highest BCUT2D eigenvalue weighted by Gasteiger charge is 2.14. The standard InChI is InChI=1S/C39H30N2/c1-26(2)29-19-24-39-35(25-29)34-11-5-8-14-38(34)41(39)31-22-17-28(18-23-31)27-15-20-30(21-16-27)40-36-12-6-3-9-32(36)33-10-4-7-13-37(33)40/h3-26H,1-2H3. The third-order valence-corrected chi connectivity index (χ3v) is 8.53. The van der Waals surface area contributed by atoms with Gasteiger partial charge in [-0.1, -0.05) is 98.8 Å². The molecule has 41 heavy (non-hydrogen) atoms. The average molecular weight is 527 g/mol. The molecule has 0 aliphatic heterocycles. The van der Waals surface area contributed by atoms with Crippen molar-refractivity contribution in [1.82, 2.24) is 9.13 Å². The Morgan fingerprint density at radius 1 is 0.390 bits per heavy atom. The fourth-order valence-electron chi connectivity index (χ4n) is 6.43. The van der Waals surface area contributed by atoms with Crippen LogP contribution in [0.1, 0.15) is 25.3 Å². The van der Waals surface area contributed by atoms with E-state index >= 15 is 0 Å². The van der Waals surface area contributed by atoms with Crippen LogP contribution >= 0.6 is 0 Å². The summed E-state index contributed by atoms with van der Waals surface area (Å²) in [5.74, 6) is 0.502. The molecule has 2 aromatic heterocycles. The Bertz CT molecular complexity index is 2150. The van der Waals surface area contributed by atoms with Crippen LogP contribution in [0.15, 0.2) is 140 Å². The Balaban J connectivity index is 1.19.